The van der Waals surface area contributed by atoms with E-state index in [1.165, 1.54) is 0 Å². The molecule has 1 aromatic rings. The summed E-state index contributed by atoms with van der Waals surface area (Å²) in [5, 5.41) is 8.91. The third-order valence-corrected chi connectivity index (χ3v) is 3.70. The molecule has 0 bridgehead atoms. The predicted octanol–water partition coefficient (Wildman–Crippen LogP) is 2.01. The molecular weight excluding hydrogens is 204 g/mol. The van der Waals surface area contributed by atoms with E-state index in [1.54, 1.807) is 0 Å². The second-order valence-corrected chi connectivity index (χ2v) is 4.41. The molecular formula is C13H14O3. The van der Waals surface area contributed by atoms with Crippen LogP contribution in [0.25, 0.3) is 0 Å². The zero-order valence-corrected chi connectivity index (χ0v) is 9.14. The monoisotopic (exact) mass is 218 g/mol. The first-order valence-corrected chi connectivity index (χ1v) is 5.42. The van der Waals surface area contributed by atoms with E-state index in [0.717, 1.165) is 12.0 Å². The SMILES string of the molecule is CC1CCC1(C(=O)C(=O)O)c1ccccc1. The van der Waals surface area contributed by atoms with Gasteiger partial charge in [-0.1, -0.05) is 37.3 Å². The zero-order chi connectivity index (χ0) is 11.8. The van der Waals surface area contributed by atoms with Gasteiger partial charge in [0, 0.05) is 0 Å². The molecule has 2 atom stereocenters. The van der Waals surface area contributed by atoms with Crippen LogP contribution in [0.1, 0.15) is 25.3 Å². The third-order valence-electron chi connectivity index (χ3n) is 3.70. The van der Waals surface area contributed by atoms with E-state index >= 15 is 0 Å². The Morgan fingerprint density at radius 2 is 1.94 bits per heavy atom. The number of carbonyl (C=O) groups excluding carboxylic acids is 1. The summed E-state index contributed by atoms with van der Waals surface area (Å²) in [5.74, 6) is -1.88. The maximum Gasteiger partial charge on any atom is 0.373 e. The minimum absolute atomic E-state index is 0.110. The fourth-order valence-corrected chi connectivity index (χ4v) is 2.55. The van der Waals surface area contributed by atoms with Crippen molar-refractivity contribution >= 4 is 11.8 Å². The molecule has 1 N–H and O–H groups in total. The molecule has 0 radical (unpaired) electrons. The zero-order valence-electron chi connectivity index (χ0n) is 9.14. The quantitative estimate of drug-likeness (QED) is 0.789. The van der Waals surface area contributed by atoms with Crippen LogP contribution in [0.15, 0.2) is 30.3 Å². The lowest BCUT2D eigenvalue weighted by Crippen LogP contribution is -2.52. The third kappa shape index (κ3) is 1.35. The van der Waals surface area contributed by atoms with Crippen molar-refractivity contribution in [3.63, 3.8) is 0 Å². The summed E-state index contributed by atoms with van der Waals surface area (Å²) in [4.78, 5) is 22.8. The van der Waals surface area contributed by atoms with Gasteiger partial charge < -0.3 is 5.11 Å². The fourth-order valence-electron chi connectivity index (χ4n) is 2.55. The van der Waals surface area contributed by atoms with Gasteiger partial charge in [0.1, 0.15) is 0 Å². The van der Waals surface area contributed by atoms with Crippen LogP contribution in [-0.4, -0.2) is 16.9 Å². The summed E-state index contributed by atoms with van der Waals surface area (Å²) in [5.41, 5.74) is 0.0498. The maximum atomic E-state index is 11.9. The van der Waals surface area contributed by atoms with Gasteiger partial charge in [-0.05, 0) is 24.3 Å². The molecule has 1 aliphatic carbocycles. The Labute approximate surface area is 94.1 Å². The lowest BCUT2D eigenvalue weighted by molar-refractivity contribution is -0.155. The Bertz CT molecular complexity index is 424. The van der Waals surface area contributed by atoms with Crippen molar-refractivity contribution in [3.8, 4) is 0 Å². The Morgan fingerprint density at radius 3 is 2.31 bits per heavy atom. The standard InChI is InChI=1S/C13H14O3/c1-9-7-8-13(9,11(14)12(15)16)10-5-3-2-4-6-10/h2-6,9H,7-8H2,1H3,(H,15,16). The summed E-state index contributed by atoms with van der Waals surface area (Å²) in [7, 11) is 0. The normalized spacial score (nSPS) is 28.2. The van der Waals surface area contributed by atoms with Crippen LogP contribution < -0.4 is 0 Å². The summed E-state index contributed by atoms with van der Waals surface area (Å²) in [6.45, 7) is 1.94. The van der Waals surface area contributed by atoms with Crippen molar-refractivity contribution < 1.29 is 14.7 Å². The molecule has 3 nitrogen and oxygen atoms in total. The Hall–Kier alpha value is -1.64. The number of Topliss-reactive ketones (excluding diaryl/α,β-unsaturated/α-hetero) is 1. The molecule has 0 amide bonds. The molecule has 1 aromatic carbocycles. The number of carbonyl (C=O) groups is 2. The van der Waals surface area contributed by atoms with Gasteiger partial charge in [-0.3, -0.25) is 4.79 Å². The number of rotatable bonds is 3. The number of hydrogen-bond acceptors (Lipinski definition) is 2. The minimum atomic E-state index is -1.32. The summed E-state index contributed by atoms with van der Waals surface area (Å²) < 4.78 is 0. The van der Waals surface area contributed by atoms with Crippen molar-refractivity contribution in [2.24, 2.45) is 5.92 Å². The first-order chi connectivity index (χ1) is 7.59. The predicted molar refractivity (Wildman–Crippen MR) is 59.2 cm³/mol. The van der Waals surface area contributed by atoms with Gasteiger partial charge in [0.05, 0.1) is 5.41 Å². The lowest BCUT2D eigenvalue weighted by Gasteiger charge is -2.46. The maximum absolute atomic E-state index is 11.9. The molecule has 0 heterocycles. The van der Waals surface area contributed by atoms with Gasteiger partial charge in [0.2, 0.25) is 0 Å². The minimum Gasteiger partial charge on any atom is -0.475 e. The Kier molecular flexibility index (Phi) is 2.54. The summed E-state index contributed by atoms with van der Waals surface area (Å²) in [6, 6.07) is 9.24. The molecule has 0 saturated heterocycles. The van der Waals surface area contributed by atoms with Crippen LogP contribution in [0.4, 0.5) is 0 Å². The topological polar surface area (TPSA) is 54.4 Å². The van der Waals surface area contributed by atoms with Crippen molar-refractivity contribution in [1.82, 2.24) is 0 Å². The molecule has 0 spiro atoms. The molecule has 1 aliphatic rings. The van der Waals surface area contributed by atoms with Gasteiger partial charge in [0.15, 0.2) is 0 Å². The van der Waals surface area contributed by atoms with Gasteiger partial charge in [-0.15, -0.1) is 0 Å². The van der Waals surface area contributed by atoms with E-state index in [9.17, 15) is 9.59 Å². The Morgan fingerprint density at radius 1 is 1.31 bits per heavy atom. The number of carboxylic acids is 1. The van der Waals surface area contributed by atoms with Crippen molar-refractivity contribution in [2.45, 2.75) is 25.2 Å². The lowest BCUT2D eigenvalue weighted by atomic mass is 9.55. The number of aliphatic carboxylic acids is 1. The molecule has 84 valence electrons. The van der Waals surface area contributed by atoms with Crippen LogP contribution >= 0.6 is 0 Å². The van der Waals surface area contributed by atoms with Crippen LogP contribution in [0, 0.1) is 5.92 Å². The molecule has 16 heavy (non-hydrogen) atoms. The van der Waals surface area contributed by atoms with Crippen LogP contribution in [0.5, 0.6) is 0 Å². The summed E-state index contributed by atoms with van der Waals surface area (Å²) >= 11 is 0. The first kappa shape index (κ1) is 10.9. The number of ketones is 1. The van der Waals surface area contributed by atoms with Crippen molar-refractivity contribution in [2.75, 3.05) is 0 Å². The molecule has 2 rings (SSSR count). The van der Waals surface area contributed by atoms with Crippen LogP contribution in [0.2, 0.25) is 0 Å². The van der Waals surface area contributed by atoms with Gasteiger partial charge in [0.25, 0.3) is 5.78 Å². The highest BCUT2D eigenvalue weighted by Gasteiger charge is 2.53. The van der Waals surface area contributed by atoms with Gasteiger partial charge in [-0.2, -0.15) is 0 Å². The van der Waals surface area contributed by atoms with E-state index in [1.807, 2.05) is 37.3 Å². The largest absolute Gasteiger partial charge is 0.475 e. The van der Waals surface area contributed by atoms with Crippen LogP contribution in [0.3, 0.4) is 0 Å². The van der Waals surface area contributed by atoms with Gasteiger partial charge in [-0.25, -0.2) is 4.79 Å². The number of benzene rings is 1. The van der Waals surface area contributed by atoms with Gasteiger partial charge >= 0.3 is 5.97 Å². The summed E-state index contributed by atoms with van der Waals surface area (Å²) in [6.07, 6.45) is 1.55. The number of hydrogen-bond donors (Lipinski definition) is 1. The second kappa shape index (κ2) is 3.74. The highest BCUT2D eigenvalue weighted by atomic mass is 16.4. The molecule has 0 aromatic heterocycles. The molecule has 0 aliphatic heterocycles. The number of carboxylic acid groups (broad SMARTS) is 1. The highest BCUT2D eigenvalue weighted by molar-refractivity contribution is 6.36. The highest BCUT2D eigenvalue weighted by Crippen LogP contribution is 2.49. The average Bonchev–Trinajstić information content (AvgIpc) is 2.29. The molecule has 1 saturated carbocycles. The molecule has 3 heteroatoms. The van der Waals surface area contributed by atoms with E-state index in [-0.39, 0.29) is 5.92 Å². The fraction of sp³-hybridized carbons (Fsp3) is 0.385. The van der Waals surface area contributed by atoms with Crippen LogP contribution in [-0.2, 0) is 15.0 Å². The van der Waals surface area contributed by atoms with Crippen molar-refractivity contribution in [1.29, 1.82) is 0 Å². The molecule has 2 unspecified atom stereocenters. The van der Waals surface area contributed by atoms with E-state index in [2.05, 4.69) is 0 Å². The van der Waals surface area contributed by atoms with Crippen molar-refractivity contribution in [3.05, 3.63) is 35.9 Å². The average molecular weight is 218 g/mol. The Balaban J connectivity index is 2.46. The van der Waals surface area contributed by atoms with E-state index in [4.69, 9.17) is 5.11 Å². The van der Waals surface area contributed by atoms with E-state index in [0.29, 0.717) is 6.42 Å². The first-order valence-electron chi connectivity index (χ1n) is 5.42. The smallest absolute Gasteiger partial charge is 0.373 e. The second-order valence-electron chi connectivity index (χ2n) is 4.41. The molecule has 1 fully saturated rings. The van der Waals surface area contributed by atoms with E-state index < -0.39 is 17.2 Å².